The fraction of sp³-hybridized carbons (Fsp3) is 0.500. The normalized spacial score (nSPS) is 20.6. The first-order valence-corrected chi connectivity index (χ1v) is 9.15. The minimum absolute atomic E-state index is 0.356. The number of benzene rings is 1. The molecule has 25 heavy (non-hydrogen) atoms. The van der Waals surface area contributed by atoms with Gasteiger partial charge in [-0.05, 0) is 51.3 Å². The second-order valence-electron chi connectivity index (χ2n) is 7.14. The van der Waals surface area contributed by atoms with Gasteiger partial charge in [0.15, 0.2) is 0 Å². The fourth-order valence-electron chi connectivity index (χ4n) is 3.52. The number of hydrazine groups is 1. The van der Waals surface area contributed by atoms with Crippen molar-refractivity contribution in [3.05, 3.63) is 60.1 Å². The highest BCUT2D eigenvalue weighted by atomic mass is 16.3. The topological polar surface area (TPSA) is 43.7 Å². The number of nitrogens with one attached hydrogen (secondary N) is 2. The lowest BCUT2D eigenvalue weighted by molar-refractivity contribution is 0.194. The Morgan fingerprint density at radius 1 is 1.08 bits per heavy atom. The molecule has 0 radical (unpaired) electrons. The van der Waals surface area contributed by atoms with E-state index in [1.807, 2.05) is 6.07 Å². The van der Waals surface area contributed by atoms with Crippen molar-refractivity contribution in [2.45, 2.75) is 19.0 Å². The number of nitrogens with zero attached hydrogens (tertiary/aromatic N) is 2. The molecule has 3 rings (SSSR count). The average molecular weight is 342 g/mol. The summed E-state index contributed by atoms with van der Waals surface area (Å²) in [6.07, 6.45) is 2.93. The highest BCUT2D eigenvalue weighted by molar-refractivity contribution is 5.20. The molecule has 1 aliphatic heterocycles. The Bertz CT molecular complexity index is 599. The molecule has 1 aromatic heterocycles. The maximum atomic E-state index is 5.58. The molecule has 2 aromatic rings. The molecule has 0 aliphatic carbocycles. The molecule has 5 nitrogen and oxygen atoms in total. The lowest BCUT2D eigenvalue weighted by Gasteiger charge is -2.28. The molecule has 1 fully saturated rings. The summed E-state index contributed by atoms with van der Waals surface area (Å²) in [6.45, 7) is 5.10. The SMILES string of the molecule is CN(C)CCCN(Cc1ccco1)CC1CNNC1c1ccccc1. The summed E-state index contributed by atoms with van der Waals surface area (Å²) in [7, 11) is 4.26. The minimum Gasteiger partial charge on any atom is -0.468 e. The minimum atomic E-state index is 0.356. The summed E-state index contributed by atoms with van der Waals surface area (Å²) in [5.41, 5.74) is 8.16. The van der Waals surface area contributed by atoms with E-state index < -0.39 is 0 Å². The molecule has 2 N–H and O–H groups in total. The zero-order valence-corrected chi connectivity index (χ0v) is 15.3. The van der Waals surface area contributed by atoms with E-state index in [4.69, 9.17) is 4.42 Å². The third-order valence-corrected chi connectivity index (χ3v) is 4.78. The Labute approximate surface area is 151 Å². The van der Waals surface area contributed by atoms with Crippen molar-refractivity contribution < 1.29 is 4.42 Å². The third kappa shape index (κ3) is 5.41. The van der Waals surface area contributed by atoms with Crippen LogP contribution in [0.25, 0.3) is 0 Å². The second kappa shape index (κ2) is 9.15. The van der Waals surface area contributed by atoms with Crippen LogP contribution in [0.15, 0.2) is 53.1 Å². The van der Waals surface area contributed by atoms with Crippen LogP contribution in [-0.2, 0) is 6.54 Å². The van der Waals surface area contributed by atoms with Crippen LogP contribution in [0.3, 0.4) is 0 Å². The van der Waals surface area contributed by atoms with Crippen molar-refractivity contribution in [1.82, 2.24) is 20.7 Å². The predicted molar refractivity (Wildman–Crippen MR) is 101 cm³/mol. The van der Waals surface area contributed by atoms with E-state index in [1.165, 1.54) is 5.56 Å². The number of hydrogen-bond donors (Lipinski definition) is 2. The van der Waals surface area contributed by atoms with Crippen LogP contribution in [0, 0.1) is 5.92 Å². The molecular weight excluding hydrogens is 312 g/mol. The Morgan fingerprint density at radius 3 is 2.64 bits per heavy atom. The van der Waals surface area contributed by atoms with Gasteiger partial charge in [-0.15, -0.1) is 0 Å². The summed E-state index contributed by atoms with van der Waals surface area (Å²) >= 11 is 0. The van der Waals surface area contributed by atoms with Gasteiger partial charge in [-0.25, -0.2) is 5.43 Å². The van der Waals surface area contributed by atoms with Crippen LogP contribution in [0.4, 0.5) is 0 Å². The van der Waals surface area contributed by atoms with E-state index in [9.17, 15) is 0 Å². The van der Waals surface area contributed by atoms with E-state index in [0.717, 1.165) is 44.9 Å². The zero-order valence-electron chi connectivity index (χ0n) is 15.3. The Morgan fingerprint density at radius 2 is 1.92 bits per heavy atom. The van der Waals surface area contributed by atoms with Gasteiger partial charge >= 0.3 is 0 Å². The molecular formula is C20H30N4O. The van der Waals surface area contributed by atoms with Gasteiger partial charge in [0.25, 0.3) is 0 Å². The van der Waals surface area contributed by atoms with Crippen LogP contribution < -0.4 is 10.9 Å². The zero-order chi connectivity index (χ0) is 17.5. The van der Waals surface area contributed by atoms with Crippen LogP contribution in [0.5, 0.6) is 0 Å². The maximum absolute atomic E-state index is 5.58. The largest absolute Gasteiger partial charge is 0.468 e. The quantitative estimate of drug-likeness (QED) is 0.733. The summed E-state index contributed by atoms with van der Waals surface area (Å²) < 4.78 is 5.58. The highest BCUT2D eigenvalue weighted by Gasteiger charge is 2.29. The first-order valence-electron chi connectivity index (χ1n) is 9.15. The van der Waals surface area contributed by atoms with E-state index >= 15 is 0 Å². The molecule has 2 unspecified atom stereocenters. The van der Waals surface area contributed by atoms with Crippen LogP contribution >= 0.6 is 0 Å². The monoisotopic (exact) mass is 342 g/mol. The van der Waals surface area contributed by atoms with Gasteiger partial charge in [-0.3, -0.25) is 10.3 Å². The number of furan rings is 1. The number of rotatable bonds is 9. The van der Waals surface area contributed by atoms with Crippen molar-refractivity contribution in [3.63, 3.8) is 0 Å². The molecule has 136 valence electrons. The summed E-state index contributed by atoms with van der Waals surface area (Å²) in [5.74, 6) is 1.58. The van der Waals surface area contributed by atoms with Crippen molar-refractivity contribution in [2.24, 2.45) is 5.92 Å². The molecule has 1 aromatic carbocycles. The van der Waals surface area contributed by atoms with Gasteiger partial charge in [0.2, 0.25) is 0 Å². The summed E-state index contributed by atoms with van der Waals surface area (Å²) in [4.78, 5) is 4.77. The van der Waals surface area contributed by atoms with Crippen molar-refractivity contribution >= 4 is 0 Å². The Balaban J connectivity index is 1.63. The van der Waals surface area contributed by atoms with Crippen molar-refractivity contribution in [3.8, 4) is 0 Å². The summed E-state index contributed by atoms with van der Waals surface area (Å²) in [6, 6.07) is 15.1. The summed E-state index contributed by atoms with van der Waals surface area (Å²) in [5, 5.41) is 0. The van der Waals surface area contributed by atoms with Crippen LogP contribution in [0.1, 0.15) is 23.8 Å². The Hall–Kier alpha value is -1.66. The third-order valence-electron chi connectivity index (χ3n) is 4.78. The van der Waals surface area contributed by atoms with Gasteiger partial charge in [0.05, 0.1) is 18.8 Å². The fourth-order valence-corrected chi connectivity index (χ4v) is 3.52. The number of hydrogen-bond acceptors (Lipinski definition) is 5. The van der Waals surface area contributed by atoms with E-state index in [1.54, 1.807) is 6.26 Å². The van der Waals surface area contributed by atoms with Crippen molar-refractivity contribution in [2.75, 3.05) is 40.3 Å². The molecule has 0 amide bonds. The molecule has 0 saturated carbocycles. The van der Waals surface area contributed by atoms with Crippen LogP contribution in [0.2, 0.25) is 0 Å². The smallest absolute Gasteiger partial charge is 0.117 e. The standard InChI is InChI=1S/C20H30N4O/c1-23(2)11-7-12-24(16-19-10-6-13-25-19)15-18-14-21-22-20(18)17-8-4-3-5-9-17/h3-6,8-10,13,18,20-22H,7,11-12,14-16H2,1-2H3. The second-order valence-corrected chi connectivity index (χ2v) is 7.14. The highest BCUT2D eigenvalue weighted by Crippen LogP contribution is 2.26. The molecule has 5 heteroatoms. The van der Waals surface area contributed by atoms with Crippen LogP contribution in [-0.4, -0.2) is 50.1 Å². The molecule has 1 saturated heterocycles. The van der Waals surface area contributed by atoms with E-state index in [-0.39, 0.29) is 0 Å². The molecule has 2 atom stereocenters. The average Bonchev–Trinajstić information content (AvgIpc) is 3.27. The predicted octanol–water partition coefficient (Wildman–Crippen LogP) is 2.50. The lowest BCUT2D eigenvalue weighted by atomic mass is 9.94. The van der Waals surface area contributed by atoms with Crippen molar-refractivity contribution in [1.29, 1.82) is 0 Å². The van der Waals surface area contributed by atoms with Gasteiger partial charge in [0, 0.05) is 19.0 Å². The molecule has 1 aliphatic rings. The van der Waals surface area contributed by atoms with Gasteiger partial charge < -0.3 is 9.32 Å². The van der Waals surface area contributed by atoms with Gasteiger partial charge in [0.1, 0.15) is 5.76 Å². The van der Waals surface area contributed by atoms with Gasteiger partial charge in [-0.1, -0.05) is 30.3 Å². The van der Waals surface area contributed by atoms with E-state index in [0.29, 0.717) is 12.0 Å². The van der Waals surface area contributed by atoms with E-state index in [2.05, 4.69) is 71.1 Å². The molecule has 0 bridgehead atoms. The Kier molecular flexibility index (Phi) is 6.64. The molecule has 0 spiro atoms. The maximum Gasteiger partial charge on any atom is 0.117 e. The lowest BCUT2D eigenvalue weighted by Crippen LogP contribution is -2.34. The van der Waals surface area contributed by atoms with Gasteiger partial charge in [-0.2, -0.15) is 0 Å². The molecule has 2 heterocycles. The first-order chi connectivity index (χ1) is 12.2. The first kappa shape index (κ1) is 18.1.